The Morgan fingerprint density at radius 1 is 1.57 bits per heavy atom. The van der Waals surface area contributed by atoms with Crippen LogP contribution in [-0.4, -0.2) is 23.7 Å². The maximum Gasteiger partial charge on any atom is 0.261 e. The molecule has 1 aromatic rings. The van der Waals surface area contributed by atoms with Gasteiger partial charge in [-0.3, -0.25) is 4.79 Å². The van der Waals surface area contributed by atoms with E-state index in [1.54, 1.807) is 0 Å². The summed E-state index contributed by atoms with van der Waals surface area (Å²) in [5.74, 6) is 5.95. The van der Waals surface area contributed by atoms with Crippen LogP contribution in [0.4, 0.5) is 0 Å². The first-order valence-corrected chi connectivity index (χ1v) is 8.24. The fourth-order valence-electron chi connectivity index (χ4n) is 2.73. The first-order chi connectivity index (χ1) is 9.91. The van der Waals surface area contributed by atoms with Gasteiger partial charge in [0.25, 0.3) is 5.91 Å². The Balaban J connectivity index is 2.01. The van der Waals surface area contributed by atoms with Crippen molar-refractivity contribution in [2.24, 2.45) is 5.41 Å². The van der Waals surface area contributed by atoms with E-state index < -0.39 is 0 Å². The predicted molar refractivity (Wildman–Crippen MR) is 86.5 cm³/mol. The Hall–Kier alpha value is -1.31. The minimum absolute atomic E-state index is 0.0148. The molecule has 1 aromatic heterocycles. The van der Waals surface area contributed by atoms with E-state index in [0.717, 1.165) is 28.2 Å². The number of aliphatic hydroxyl groups excluding tert-OH is 1. The Morgan fingerprint density at radius 2 is 2.33 bits per heavy atom. The van der Waals surface area contributed by atoms with Gasteiger partial charge in [0.1, 0.15) is 0 Å². The summed E-state index contributed by atoms with van der Waals surface area (Å²) in [5.41, 5.74) is 1.37. The molecule has 0 bridgehead atoms. The average Bonchev–Trinajstić information content (AvgIpc) is 2.93. The third-order valence-electron chi connectivity index (χ3n) is 3.88. The van der Waals surface area contributed by atoms with Crippen LogP contribution in [0.2, 0.25) is 0 Å². The molecule has 21 heavy (non-hydrogen) atoms. The van der Waals surface area contributed by atoms with Gasteiger partial charge in [0, 0.05) is 12.5 Å². The third-order valence-corrected chi connectivity index (χ3v) is 5.04. The molecular formula is C17H23NO2S. The summed E-state index contributed by atoms with van der Waals surface area (Å²) in [6.07, 6.45) is 3.74. The van der Waals surface area contributed by atoms with E-state index in [1.807, 2.05) is 13.0 Å². The molecule has 0 aromatic carbocycles. The minimum atomic E-state index is 0.0148. The van der Waals surface area contributed by atoms with Crippen molar-refractivity contribution in [3.8, 4) is 11.8 Å². The molecule has 1 heterocycles. The van der Waals surface area contributed by atoms with Gasteiger partial charge in [-0.15, -0.1) is 11.3 Å². The number of nitrogens with one attached hydrogen (secondary N) is 1. The molecule has 1 atom stereocenters. The van der Waals surface area contributed by atoms with Gasteiger partial charge in [-0.05, 0) is 43.2 Å². The van der Waals surface area contributed by atoms with E-state index >= 15 is 0 Å². The lowest BCUT2D eigenvalue weighted by Crippen LogP contribution is -2.33. The van der Waals surface area contributed by atoms with Crippen molar-refractivity contribution in [1.29, 1.82) is 0 Å². The molecule has 4 heteroatoms. The van der Waals surface area contributed by atoms with Crippen molar-refractivity contribution in [3.05, 3.63) is 21.4 Å². The number of hydrogen-bond acceptors (Lipinski definition) is 3. The molecule has 114 valence electrons. The molecule has 1 fully saturated rings. The minimum Gasteiger partial charge on any atom is -0.395 e. The van der Waals surface area contributed by atoms with Crippen LogP contribution in [0.5, 0.6) is 0 Å². The van der Waals surface area contributed by atoms with E-state index in [-0.39, 0.29) is 12.5 Å². The van der Waals surface area contributed by atoms with Gasteiger partial charge in [-0.1, -0.05) is 25.7 Å². The second-order valence-electron chi connectivity index (χ2n) is 6.48. The number of hydrogen-bond donors (Lipinski definition) is 2. The summed E-state index contributed by atoms with van der Waals surface area (Å²) in [6.45, 7) is 6.55. The second-order valence-corrected chi connectivity index (χ2v) is 7.53. The molecule has 0 radical (unpaired) electrons. The van der Waals surface area contributed by atoms with E-state index in [0.29, 0.717) is 17.9 Å². The molecule has 1 aliphatic carbocycles. The van der Waals surface area contributed by atoms with Crippen LogP contribution in [0.3, 0.4) is 0 Å². The molecule has 3 nitrogen and oxygen atoms in total. The third kappa shape index (κ3) is 4.33. The van der Waals surface area contributed by atoms with E-state index in [1.165, 1.54) is 17.8 Å². The zero-order valence-electron chi connectivity index (χ0n) is 13.0. The van der Waals surface area contributed by atoms with Crippen LogP contribution in [0, 0.1) is 24.2 Å². The summed E-state index contributed by atoms with van der Waals surface area (Å²) >= 11 is 1.43. The van der Waals surface area contributed by atoms with Crippen LogP contribution in [0.25, 0.3) is 0 Å². The molecule has 1 amide bonds. The van der Waals surface area contributed by atoms with Crippen molar-refractivity contribution in [1.82, 2.24) is 5.32 Å². The highest BCUT2D eigenvalue weighted by molar-refractivity contribution is 7.14. The first-order valence-electron chi connectivity index (χ1n) is 7.42. The van der Waals surface area contributed by atoms with Crippen LogP contribution in [0.15, 0.2) is 6.07 Å². The van der Waals surface area contributed by atoms with Gasteiger partial charge in [-0.2, -0.15) is 0 Å². The van der Waals surface area contributed by atoms with Gasteiger partial charge in [-0.25, -0.2) is 0 Å². The predicted octanol–water partition coefficient (Wildman–Crippen LogP) is 3.10. The monoisotopic (exact) mass is 305 g/mol. The number of amides is 1. The summed E-state index contributed by atoms with van der Waals surface area (Å²) in [6, 6.07) is 2.20. The highest BCUT2D eigenvalue weighted by Gasteiger charge is 2.32. The summed E-state index contributed by atoms with van der Waals surface area (Å²) in [5, 5.41) is 11.9. The van der Waals surface area contributed by atoms with Crippen LogP contribution >= 0.6 is 11.3 Å². The number of aliphatic hydroxyl groups is 1. The van der Waals surface area contributed by atoms with Crippen molar-refractivity contribution in [2.45, 2.75) is 52.5 Å². The van der Waals surface area contributed by atoms with Gasteiger partial charge in [0.2, 0.25) is 0 Å². The lowest BCUT2D eigenvalue weighted by atomic mass is 9.92. The smallest absolute Gasteiger partial charge is 0.261 e. The Morgan fingerprint density at radius 3 is 2.95 bits per heavy atom. The number of rotatable bonds is 3. The van der Waals surface area contributed by atoms with Crippen molar-refractivity contribution >= 4 is 17.2 Å². The fourth-order valence-corrected chi connectivity index (χ4v) is 3.68. The van der Waals surface area contributed by atoms with E-state index in [2.05, 4.69) is 31.0 Å². The normalized spacial score (nSPS) is 19.9. The summed E-state index contributed by atoms with van der Waals surface area (Å²) in [7, 11) is 0. The molecule has 0 spiro atoms. The van der Waals surface area contributed by atoms with Crippen LogP contribution < -0.4 is 5.32 Å². The molecule has 1 saturated carbocycles. The van der Waals surface area contributed by atoms with Crippen molar-refractivity contribution < 1.29 is 9.90 Å². The topological polar surface area (TPSA) is 49.3 Å². The van der Waals surface area contributed by atoms with Crippen molar-refractivity contribution in [3.63, 3.8) is 0 Å². The number of carbonyl (C=O) groups is 1. The average molecular weight is 305 g/mol. The standard InChI is InChI=1S/C17H23NO2S/c1-12-10-15(21-14(12)6-4-5-9-19)16(20)18-13-7-8-17(2,3)11-13/h10,13,19H,5,7-9,11H2,1-3H3,(H,18,20). The molecule has 1 aliphatic rings. The quantitative estimate of drug-likeness (QED) is 0.843. The molecule has 0 aliphatic heterocycles. The molecule has 2 rings (SSSR count). The lowest BCUT2D eigenvalue weighted by Gasteiger charge is -2.17. The highest BCUT2D eigenvalue weighted by Crippen LogP contribution is 2.37. The maximum absolute atomic E-state index is 12.3. The number of thiophene rings is 1. The summed E-state index contributed by atoms with van der Waals surface area (Å²) in [4.78, 5) is 14.0. The fraction of sp³-hybridized carbons (Fsp3) is 0.588. The van der Waals surface area contributed by atoms with Crippen molar-refractivity contribution in [2.75, 3.05) is 6.61 Å². The molecule has 1 unspecified atom stereocenters. The molecular weight excluding hydrogens is 282 g/mol. The zero-order valence-corrected chi connectivity index (χ0v) is 13.8. The van der Waals surface area contributed by atoms with Gasteiger partial charge >= 0.3 is 0 Å². The maximum atomic E-state index is 12.3. The zero-order chi connectivity index (χ0) is 15.5. The Kier molecular flexibility index (Phi) is 5.08. The van der Waals surface area contributed by atoms with Crippen LogP contribution in [-0.2, 0) is 0 Å². The second kappa shape index (κ2) is 6.64. The Labute approximate surface area is 130 Å². The highest BCUT2D eigenvalue weighted by atomic mass is 32.1. The number of aryl methyl sites for hydroxylation is 1. The molecule has 2 N–H and O–H groups in total. The van der Waals surface area contributed by atoms with Gasteiger partial charge < -0.3 is 10.4 Å². The summed E-state index contributed by atoms with van der Waals surface area (Å²) < 4.78 is 0. The van der Waals surface area contributed by atoms with Gasteiger partial charge in [0.05, 0.1) is 16.4 Å². The van der Waals surface area contributed by atoms with Gasteiger partial charge in [0.15, 0.2) is 0 Å². The number of carbonyl (C=O) groups excluding carboxylic acids is 1. The van der Waals surface area contributed by atoms with Crippen LogP contribution in [0.1, 0.15) is 59.6 Å². The Bertz CT molecular complexity index is 577. The largest absolute Gasteiger partial charge is 0.395 e. The SMILES string of the molecule is Cc1cc(C(=O)NC2CCC(C)(C)C2)sc1C#CCCO. The van der Waals surface area contributed by atoms with E-state index in [4.69, 9.17) is 5.11 Å². The molecule has 0 saturated heterocycles. The first kappa shape index (κ1) is 16.1. The lowest BCUT2D eigenvalue weighted by molar-refractivity contribution is 0.0940. The van der Waals surface area contributed by atoms with E-state index in [9.17, 15) is 4.79 Å².